The SMILES string of the molecule is CCCc1nsc(Sc2ccc(CO)cc2)n1. The van der Waals surface area contributed by atoms with Gasteiger partial charge in [-0.05, 0) is 35.6 Å². The van der Waals surface area contributed by atoms with Crippen LogP contribution in [0.25, 0.3) is 0 Å². The van der Waals surface area contributed by atoms with Gasteiger partial charge in [0.1, 0.15) is 5.82 Å². The summed E-state index contributed by atoms with van der Waals surface area (Å²) in [4.78, 5) is 5.59. The maximum Gasteiger partial charge on any atom is 0.174 e. The predicted molar refractivity (Wildman–Crippen MR) is 70.4 cm³/mol. The van der Waals surface area contributed by atoms with E-state index in [0.717, 1.165) is 33.5 Å². The topological polar surface area (TPSA) is 46.0 Å². The third kappa shape index (κ3) is 3.52. The van der Waals surface area contributed by atoms with E-state index >= 15 is 0 Å². The van der Waals surface area contributed by atoms with Crippen LogP contribution in [0.5, 0.6) is 0 Å². The van der Waals surface area contributed by atoms with Crippen LogP contribution in [0, 0.1) is 0 Å². The molecule has 0 aliphatic carbocycles. The molecule has 90 valence electrons. The van der Waals surface area contributed by atoms with Crippen molar-refractivity contribution in [3.05, 3.63) is 35.7 Å². The number of aliphatic hydroxyl groups is 1. The van der Waals surface area contributed by atoms with Crippen molar-refractivity contribution in [1.82, 2.24) is 9.36 Å². The predicted octanol–water partition coefficient (Wildman–Crippen LogP) is 3.13. The number of aryl methyl sites for hydroxylation is 1. The summed E-state index contributed by atoms with van der Waals surface area (Å²) in [5.41, 5.74) is 0.929. The molecular formula is C12H14N2OS2. The van der Waals surface area contributed by atoms with Crippen LogP contribution in [-0.2, 0) is 13.0 Å². The lowest BCUT2D eigenvalue weighted by atomic mass is 10.2. The highest BCUT2D eigenvalue weighted by molar-refractivity contribution is 8.01. The van der Waals surface area contributed by atoms with Gasteiger partial charge in [0.15, 0.2) is 4.34 Å². The Labute approximate surface area is 109 Å². The quantitative estimate of drug-likeness (QED) is 0.903. The number of nitrogens with zero attached hydrogens (tertiary/aromatic N) is 2. The van der Waals surface area contributed by atoms with Crippen molar-refractivity contribution in [1.29, 1.82) is 0 Å². The Balaban J connectivity index is 2.03. The van der Waals surface area contributed by atoms with E-state index in [-0.39, 0.29) is 6.61 Å². The average molecular weight is 266 g/mol. The molecule has 2 aromatic rings. The van der Waals surface area contributed by atoms with E-state index < -0.39 is 0 Å². The van der Waals surface area contributed by atoms with E-state index in [1.165, 1.54) is 11.5 Å². The van der Waals surface area contributed by atoms with Crippen molar-refractivity contribution in [2.45, 2.75) is 35.6 Å². The largest absolute Gasteiger partial charge is 0.392 e. The summed E-state index contributed by atoms with van der Waals surface area (Å²) < 4.78 is 5.28. The zero-order chi connectivity index (χ0) is 12.1. The van der Waals surface area contributed by atoms with Crippen molar-refractivity contribution >= 4 is 23.3 Å². The Morgan fingerprint density at radius 2 is 2.06 bits per heavy atom. The van der Waals surface area contributed by atoms with Gasteiger partial charge in [-0.3, -0.25) is 0 Å². The average Bonchev–Trinajstić information content (AvgIpc) is 2.78. The summed E-state index contributed by atoms with van der Waals surface area (Å²) in [6.45, 7) is 2.21. The van der Waals surface area contributed by atoms with E-state index in [9.17, 15) is 0 Å². The molecule has 2 rings (SSSR count). The molecule has 1 aromatic heterocycles. The Bertz CT molecular complexity index is 468. The third-order valence-corrected chi connectivity index (χ3v) is 4.03. The molecule has 0 aliphatic rings. The van der Waals surface area contributed by atoms with Gasteiger partial charge in [0, 0.05) is 11.3 Å². The molecule has 0 spiro atoms. The third-order valence-electron chi connectivity index (χ3n) is 2.23. The molecule has 0 radical (unpaired) electrons. The van der Waals surface area contributed by atoms with Gasteiger partial charge in [0.05, 0.1) is 6.61 Å². The Hall–Kier alpha value is -0.910. The van der Waals surface area contributed by atoms with Gasteiger partial charge >= 0.3 is 0 Å². The molecule has 0 saturated heterocycles. The molecule has 17 heavy (non-hydrogen) atoms. The van der Waals surface area contributed by atoms with Gasteiger partial charge in [0.2, 0.25) is 0 Å². The fourth-order valence-electron chi connectivity index (χ4n) is 1.37. The fourth-order valence-corrected chi connectivity index (χ4v) is 3.00. The van der Waals surface area contributed by atoms with Gasteiger partial charge in [-0.25, -0.2) is 4.98 Å². The summed E-state index contributed by atoms with van der Waals surface area (Å²) in [7, 11) is 0. The van der Waals surface area contributed by atoms with Gasteiger partial charge < -0.3 is 5.11 Å². The Morgan fingerprint density at radius 1 is 1.29 bits per heavy atom. The van der Waals surface area contributed by atoms with Crippen molar-refractivity contribution in [3.63, 3.8) is 0 Å². The Morgan fingerprint density at radius 3 is 2.71 bits per heavy atom. The van der Waals surface area contributed by atoms with Crippen LogP contribution in [0.3, 0.4) is 0 Å². The molecular weight excluding hydrogens is 252 g/mol. The first-order valence-electron chi connectivity index (χ1n) is 5.52. The Kier molecular flexibility index (Phi) is 4.53. The minimum Gasteiger partial charge on any atom is -0.392 e. The molecule has 5 heteroatoms. The first kappa shape index (κ1) is 12.5. The van der Waals surface area contributed by atoms with Crippen LogP contribution < -0.4 is 0 Å². The standard InChI is InChI=1S/C12H14N2OS2/c1-2-3-11-13-12(17-14-11)16-10-6-4-9(8-15)5-7-10/h4-7,15H,2-3,8H2,1H3. The lowest BCUT2D eigenvalue weighted by Gasteiger charge is -1.98. The number of benzene rings is 1. The van der Waals surface area contributed by atoms with Crippen molar-refractivity contribution in [2.24, 2.45) is 0 Å². The molecule has 0 bridgehead atoms. The van der Waals surface area contributed by atoms with Crippen LogP contribution in [0.4, 0.5) is 0 Å². The van der Waals surface area contributed by atoms with E-state index in [1.54, 1.807) is 11.8 Å². The van der Waals surface area contributed by atoms with Gasteiger partial charge in [-0.15, -0.1) is 0 Å². The summed E-state index contributed by atoms with van der Waals surface area (Å²) >= 11 is 3.06. The van der Waals surface area contributed by atoms with E-state index in [1.807, 2.05) is 24.3 Å². The maximum atomic E-state index is 8.95. The molecule has 1 aromatic carbocycles. The molecule has 0 aliphatic heterocycles. The van der Waals surface area contributed by atoms with E-state index in [4.69, 9.17) is 5.11 Å². The summed E-state index contributed by atoms with van der Waals surface area (Å²) in [5, 5.41) is 8.95. The molecule has 3 nitrogen and oxygen atoms in total. The molecule has 1 N–H and O–H groups in total. The van der Waals surface area contributed by atoms with Crippen LogP contribution >= 0.6 is 23.3 Å². The first-order valence-corrected chi connectivity index (χ1v) is 7.11. The fraction of sp³-hybridized carbons (Fsp3) is 0.333. The number of rotatable bonds is 5. The highest BCUT2D eigenvalue weighted by Gasteiger charge is 2.05. The highest BCUT2D eigenvalue weighted by Crippen LogP contribution is 2.29. The monoisotopic (exact) mass is 266 g/mol. The van der Waals surface area contributed by atoms with Crippen LogP contribution in [-0.4, -0.2) is 14.5 Å². The first-order chi connectivity index (χ1) is 8.31. The normalized spacial score (nSPS) is 10.7. The minimum atomic E-state index is 0.0877. The smallest absolute Gasteiger partial charge is 0.174 e. The second kappa shape index (κ2) is 6.14. The number of hydrogen-bond donors (Lipinski definition) is 1. The van der Waals surface area contributed by atoms with Crippen LogP contribution in [0.1, 0.15) is 24.7 Å². The second-order valence-electron chi connectivity index (χ2n) is 3.63. The van der Waals surface area contributed by atoms with Crippen LogP contribution in [0.2, 0.25) is 0 Å². The molecule has 1 heterocycles. The summed E-state index contributed by atoms with van der Waals surface area (Å²) in [6.07, 6.45) is 2.02. The van der Waals surface area contributed by atoms with Crippen molar-refractivity contribution < 1.29 is 5.11 Å². The molecule has 0 saturated carbocycles. The van der Waals surface area contributed by atoms with Gasteiger partial charge in [-0.1, -0.05) is 30.8 Å². The lowest BCUT2D eigenvalue weighted by Crippen LogP contribution is -1.85. The molecule has 0 atom stereocenters. The zero-order valence-corrected chi connectivity index (χ0v) is 11.2. The lowest BCUT2D eigenvalue weighted by molar-refractivity contribution is 0.282. The number of aliphatic hydroxyl groups excluding tert-OH is 1. The summed E-state index contributed by atoms with van der Waals surface area (Å²) in [5.74, 6) is 0.937. The van der Waals surface area contributed by atoms with Gasteiger partial charge in [-0.2, -0.15) is 4.37 Å². The minimum absolute atomic E-state index is 0.0877. The summed E-state index contributed by atoms with van der Waals surface area (Å²) in [6, 6.07) is 7.85. The van der Waals surface area contributed by atoms with Crippen molar-refractivity contribution in [3.8, 4) is 0 Å². The number of hydrogen-bond acceptors (Lipinski definition) is 5. The zero-order valence-electron chi connectivity index (χ0n) is 9.59. The molecule has 0 unspecified atom stereocenters. The van der Waals surface area contributed by atoms with Crippen molar-refractivity contribution in [2.75, 3.05) is 0 Å². The van der Waals surface area contributed by atoms with Gasteiger partial charge in [0.25, 0.3) is 0 Å². The highest BCUT2D eigenvalue weighted by atomic mass is 32.2. The molecule has 0 amide bonds. The maximum absolute atomic E-state index is 8.95. The number of aromatic nitrogens is 2. The molecule has 0 fully saturated rings. The van der Waals surface area contributed by atoms with Crippen LogP contribution in [0.15, 0.2) is 33.5 Å². The second-order valence-corrected chi connectivity index (χ2v) is 5.70. The van der Waals surface area contributed by atoms with E-state index in [2.05, 4.69) is 16.3 Å². The van der Waals surface area contributed by atoms with E-state index in [0.29, 0.717) is 0 Å².